The first-order valence-electron chi connectivity index (χ1n) is 10.6. The highest BCUT2D eigenvalue weighted by atomic mass is 16.5. The third-order valence-corrected chi connectivity index (χ3v) is 4.88. The molecule has 1 unspecified atom stereocenters. The van der Waals surface area contributed by atoms with Gasteiger partial charge in [-0.1, -0.05) is 26.0 Å². The molecule has 1 heterocycles. The van der Waals surface area contributed by atoms with Crippen LogP contribution in [0.25, 0.3) is 0 Å². The molecule has 1 saturated heterocycles. The minimum Gasteiger partial charge on any atom is -0.491 e. The molecule has 1 amide bonds. The van der Waals surface area contributed by atoms with Crippen molar-refractivity contribution in [3.8, 4) is 5.75 Å². The molecule has 1 aromatic rings. The summed E-state index contributed by atoms with van der Waals surface area (Å²) in [6, 6.07) is 8.03. The van der Waals surface area contributed by atoms with Gasteiger partial charge in [0.25, 0.3) is 0 Å². The summed E-state index contributed by atoms with van der Waals surface area (Å²) in [4.78, 5) is 18.6. The molecule has 1 aliphatic rings. The largest absolute Gasteiger partial charge is 0.491 e. The van der Waals surface area contributed by atoms with Gasteiger partial charge < -0.3 is 25.4 Å². The molecule has 29 heavy (non-hydrogen) atoms. The number of piperidine rings is 1. The van der Waals surface area contributed by atoms with E-state index >= 15 is 0 Å². The van der Waals surface area contributed by atoms with Gasteiger partial charge in [-0.15, -0.1) is 0 Å². The summed E-state index contributed by atoms with van der Waals surface area (Å²) >= 11 is 0. The number of hydrogen-bond acceptors (Lipinski definition) is 4. The number of nitrogens with one attached hydrogen (secondary N) is 2. The number of likely N-dealkylation sites (tertiary alicyclic amines) is 1. The molecule has 7 heteroatoms. The zero-order valence-electron chi connectivity index (χ0n) is 18.1. The van der Waals surface area contributed by atoms with Crippen LogP contribution >= 0.6 is 0 Å². The minimum absolute atomic E-state index is 0.0434. The lowest BCUT2D eigenvalue weighted by Crippen LogP contribution is -2.50. The summed E-state index contributed by atoms with van der Waals surface area (Å²) in [5, 5.41) is 16.9. The lowest BCUT2D eigenvalue weighted by Gasteiger charge is -2.34. The Labute approximate surface area is 174 Å². The maximum absolute atomic E-state index is 12.1. The Bertz CT molecular complexity index is 670. The van der Waals surface area contributed by atoms with Gasteiger partial charge in [-0.25, -0.2) is 0 Å². The van der Waals surface area contributed by atoms with Gasteiger partial charge in [0.15, 0.2) is 5.96 Å². The number of aryl methyl sites for hydroxylation is 1. The maximum atomic E-state index is 12.1. The number of aliphatic imine (C=N–C) groups is 1. The van der Waals surface area contributed by atoms with Crippen LogP contribution in [0.3, 0.4) is 0 Å². The molecule has 0 saturated carbocycles. The van der Waals surface area contributed by atoms with Crippen LogP contribution in [0, 0.1) is 12.8 Å². The van der Waals surface area contributed by atoms with Crippen LogP contribution < -0.4 is 15.4 Å². The van der Waals surface area contributed by atoms with Crippen molar-refractivity contribution >= 4 is 11.9 Å². The number of hydrogen-bond donors (Lipinski definition) is 3. The Morgan fingerprint density at radius 1 is 1.34 bits per heavy atom. The second-order valence-electron chi connectivity index (χ2n) is 7.90. The van der Waals surface area contributed by atoms with Crippen molar-refractivity contribution in [1.82, 2.24) is 15.5 Å². The van der Waals surface area contributed by atoms with Crippen LogP contribution in [0.15, 0.2) is 29.3 Å². The van der Waals surface area contributed by atoms with Crippen LogP contribution in [0.1, 0.15) is 39.2 Å². The van der Waals surface area contributed by atoms with Gasteiger partial charge in [-0.05, 0) is 44.4 Å². The molecule has 0 spiro atoms. The van der Waals surface area contributed by atoms with E-state index in [2.05, 4.69) is 15.6 Å². The predicted molar refractivity (Wildman–Crippen MR) is 116 cm³/mol. The van der Waals surface area contributed by atoms with Crippen LogP contribution in [0.5, 0.6) is 5.75 Å². The van der Waals surface area contributed by atoms with Crippen molar-refractivity contribution in [2.45, 2.75) is 52.7 Å². The van der Waals surface area contributed by atoms with Crippen LogP contribution in [0.4, 0.5) is 0 Å². The van der Waals surface area contributed by atoms with E-state index in [9.17, 15) is 9.90 Å². The lowest BCUT2D eigenvalue weighted by molar-refractivity contribution is -0.135. The molecule has 162 valence electrons. The first-order chi connectivity index (χ1) is 13.9. The number of rotatable bonds is 8. The van der Waals surface area contributed by atoms with E-state index in [1.54, 1.807) is 0 Å². The van der Waals surface area contributed by atoms with Gasteiger partial charge in [0.2, 0.25) is 5.91 Å². The Hall–Kier alpha value is -2.28. The van der Waals surface area contributed by atoms with Crippen molar-refractivity contribution in [2.75, 3.05) is 32.8 Å². The third-order valence-electron chi connectivity index (χ3n) is 4.88. The Kier molecular flexibility index (Phi) is 9.25. The molecule has 0 radical (unpaired) electrons. The smallest absolute Gasteiger partial charge is 0.225 e. The first-order valence-corrected chi connectivity index (χ1v) is 10.6. The number of guanidine groups is 1. The molecule has 2 rings (SSSR count). The summed E-state index contributed by atoms with van der Waals surface area (Å²) in [5.74, 6) is 1.71. The zero-order chi connectivity index (χ0) is 21.2. The maximum Gasteiger partial charge on any atom is 0.225 e. The van der Waals surface area contributed by atoms with Crippen molar-refractivity contribution in [1.29, 1.82) is 0 Å². The molecule has 3 N–H and O–H groups in total. The second-order valence-corrected chi connectivity index (χ2v) is 7.90. The van der Waals surface area contributed by atoms with E-state index in [0.29, 0.717) is 5.96 Å². The molecule has 1 aromatic carbocycles. The average molecular weight is 405 g/mol. The summed E-state index contributed by atoms with van der Waals surface area (Å²) in [6.45, 7) is 10.6. The number of nitrogens with zero attached hydrogens (tertiary/aromatic N) is 2. The van der Waals surface area contributed by atoms with Gasteiger partial charge in [0.1, 0.15) is 18.5 Å². The molecule has 1 atom stereocenters. The van der Waals surface area contributed by atoms with Crippen molar-refractivity contribution in [3.63, 3.8) is 0 Å². The Morgan fingerprint density at radius 3 is 2.69 bits per heavy atom. The monoisotopic (exact) mass is 404 g/mol. The Morgan fingerprint density at radius 2 is 2.07 bits per heavy atom. The van der Waals surface area contributed by atoms with E-state index in [-0.39, 0.29) is 31.0 Å². The zero-order valence-corrected chi connectivity index (χ0v) is 18.1. The standard InChI is InChI=1S/C22H36N4O3/c1-5-23-22(25-18-9-11-26(12-10-18)21(28)16(2)3)24-14-19(27)15-29-20-8-6-7-17(4)13-20/h6-8,13,16,18-19,27H,5,9-12,14-15H2,1-4H3,(H2,23,24,25). The normalized spacial score (nSPS) is 16.6. The van der Waals surface area contributed by atoms with E-state index in [1.807, 2.05) is 56.9 Å². The van der Waals surface area contributed by atoms with Crippen LogP contribution in [-0.2, 0) is 4.79 Å². The van der Waals surface area contributed by atoms with Crippen molar-refractivity contribution < 1.29 is 14.6 Å². The van der Waals surface area contributed by atoms with Crippen LogP contribution in [0.2, 0.25) is 0 Å². The fraction of sp³-hybridized carbons (Fsp3) is 0.636. The molecule has 1 fully saturated rings. The SMILES string of the molecule is CCNC(=NCC(O)COc1cccc(C)c1)NC1CCN(C(=O)C(C)C)CC1. The summed E-state index contributed by atoms with van der Waals surface area (Å²) in [7, 11) is 0. The number of amides is 1. The van der Waals surface area contributed by atoms with Crippen molar-refractivity contribution in [3.05, 3.63) is 29.8 Å². The highest BCUT2D eigenvalue weighted by molar-refractivity contribution is 5.80. The fourth-order valence-electron chi connectivity index (χ4n) is 3.27. The molecule has 1 aliphatic heterocycles. The highest BCUT2D eigenvalue weighted by Gasteiger charge is 2.24. The predicted octanol–water partition coefficient (Wildman–Crippen LogP) is 1.94. The van der Waals surface area contributed by atoms with Crippen LogP contribution in [-0.4, -0.2) is 66.8 Å². The number of aliphatic hydroxyl groups excluding tert-OH is 1. The summed E-state index contributed by atoms with van der Waals surface area (Å²) in [5.41, 5.74) is 1.12. The highest BCUT2D eigenvalue weighted by Crippen LogP contribution is 2.14. The van der Waals surface area contributed by atoms with Gasteiger partial charge >= 0.3 is 0 Å². The van der Waals surface area contributed by atoms with E-state index < -0.39 is 6.10 Å². The summed E-state index contributed by atoms with van der Waals surface area (Å²) < 4.78 is 5.65. The van der Waals surface area contributed by atoms with Gasteiger partial charge in [-0.3, -0.25) is 9.79 Å². The molecule has 0 bridgehead atoms. The van der Waals surface area contributed by atoms with E-state index in [0.717, 1.165) is 43.8 Å². The number of carbonyl (C=O) groups is 1. The molecule has 0 aliphatic carbocycles. The second kappa shape index (κ2) is 11.7. The van der Waals surface area contributed by atoms with Gasteiger partial charge in [0.05, 0.1) is 6.54 Å². The third kappa shape index (κ3) is 7.93. The fourth-order valence-corrected chi connectivity index (χ4v) is 3.27. The molecular weight excluding hydrogens is 368 g/mol. The van der Waals surface area contributed by atoms with E-state index in [4.69, 9.17) is 4.74 Å². The quantitative estimate of drug-likeness (QED) is 0.455. The minimum atomic E-state index is -0.684. The van der Waals surface area contributed by atoms with Crippen molar-refractivity contribution in [2.24, 2.45) is 10.9 Å². The topological polar surface area (TPSA) is 86.2 Å². The first kappa shape index (κ1) is 23.0. The Balaban J connectivity index is 1.79. The molecular formula is C22H36N4O3. The number of aliphatic hydroxyl groups is 1. The number of benzene rings is 1. The number of carbonyl (C=O) groups excluding carboxylic acids is 1. The van der Waals surface area contributed by atoms with Gasteiger partial charge in [-0.2, -0.15) is 0 Å². The molecule has 0 aromatic heterocycles. The average Bonchev–Trinajstić information content (AvgIpc) is 2.70. The van der Waals surface area contributed by atoms with Gasteiger partial charge in [0, 0.05) is 31.6 Å². The number of ether oxygens (including phenoxy) is 1. The molecule has 7 nitrogen and oxygen atoms in total. The van der Waals surface area contributed by atoms with E-state index in [1.165, 1.54) is 0 Å². The lowest BCUT2D eigenvalue weighted by atomic mass is 10.0. The summed E-state index contributed by atoms with van der Waals surface area (Å²) in [6.07, 6.45) is 1.10.